The number of rotatable bonds is 5. The molecular formula is C20H21ClFN3O2S. The molecule has 0 radical (unpaired) electrons. The zero-order valence-corrected chi connectivity index (χ0v) is 16.8. The number of halogens is 2. The lowest BCUT2D eigenvalue weighted by molar-refractivity contribution is -0.120. The summed E-state index contributed by atoms with van der Waals surface area (Å²) in [6.07, 6.45) is 9.23. The van der Waals surface area contributed by atoms with E-state index in [1.165, 1.54) is 40.8 Å². The summed E-state index contributed by atoms with van der Waals surface area (Å²) in [5, 5.41) is 14.6. The number of carbonyl (C=O) groups excluding carboxylic acids is 1. The number of anilines is 1. The molecule has 1 amide bonds. The summed E-state index contributed by atoms with van der Waals surface area (Å²) < 4.78 is 16.2. The first-order valence-corrected chi connectivity index (χ1v) is 10.6. The number of hydrogen-bond donors (Lipinski definition) is 2. The van der Waals surface area contributed by atoms with Gasteiger partial charge in [-0.25, -0.2) is 9.37 Å². The number of amides is 1. The van der Waals surface area contributed by atoms with Gasteiger partial charge in [0.25, 0.3) is 0 Å². The van der Waals surface area contributed by atoms with Crippen molar-refractivity contribution in [1.29, 1.82) is 0 Å². The number of aromatic hydroxyl groups is 1. The summed E-state index contributed by atoms with van der Waals surface area (Å²) in [5.74, 6) is -0.413. The van der Waals surface area contributed by atoms with E-state index < -0.39 is 11.9 Å². The molecule has 2 aromatic heterocycles. The smallest absolute Gasteiger partial charge is 0.249 e. The molecule has 0 bridgehead atoms. The predicted octanol–water partition coefficient (Wildman–Crippen LogP) is 5.75. The third kappa shape index (κ3) is 3.86. The van der Waals surface area contributed by atoms with Crippen molar-refractivity contribution in [1.82, 2.24) is 9.55 Å². The first-order valence-electron chi connectivity index (χ1n) is 9.43. The highest BCUT2D eigenvalue weighted by atomic mass is 35.5. The predicted molar refractivity (Wildman–Crippen MR) is 110 cm³/mol. The second kappa shape index (κ2) is 8.09. The van der Waals surface area contributed by atoms with Crippen molar-refractivity contribution in [2.45, 2.75) is 44.6 Å². The van der Waals surface area contributed by atoms with Gasteiger partial charge in [0.15, 0.2) is 11.0 Å². The normalized spacial score (nSPS) is 16.4. The third-order valence-electron chi connectivity index (χ3n) is 5.43. The van der Waals surface area contributed by atoms with Gasteiger partial charge in [-0.1, -0.05) is 61.1 Å². The molecular weight excluding hydrogens is 401 g/mol. The van der Waals surface area contributed by atoms with E-state index >= 15 is 0 Å². The molecule has 1 fully saturated rings. The number of hydrogen-bond acceptors (Lipinski definition) is 4. The van der Waals surface area contributed by atoms with Crippen LogP contribution in [0.2, 0.25) is 4.34 Å². The maximum atomic E-state index is 14.2. The van der Waals surface area contributed by atoms with Crippen molar-refractivity contribution in [3.8, 4) is 5.88 Å². The molecule has 2 heterocycles. The number of fused-ring (bicyclic) bond motifs is 1. The highest BCUT2D eigenvalue weighted by Crippen LogP contribution is 2.37. The lowest BCUT2D eigenvalue weighted by Gasteiger charge is -2.27. The number of nitrogens with one attached hydrogen (secondary N) is 1. The fraction of sp³-hybridized carbons (Fsp3) is 0.400. The largest absolute Gasteiger partial charge is 0.494 e. The molecule has 0 spiro atoms. The monoisotopic (exact) mass is 421 g/mol. The molecule has 28 heavy (non-hydrogen) atoms. The van der Waals surface area contributed by atoms with Crippen LogP contribution >= 0.6 is 22.9 Å². The molecule has 0 aliphatic heterocycles. The van der Waals surface area contributed by atoms with Crippen LogP contribution in [0.4, 0.5) is 9.52 Å². The fourth-order valence-corrected chi connectivity index (χ4v) is 4.84. The Balaban J connectivity index is 1.68. The minimum atomic E-state index is -0.655. The molecule has 5 nitrogen and oxygen atoms in total. The molecule has 8 heteroatoms. The Bertz CT molecular complexity index is 997. The summed E-state index contributed by atoms with van der Waals surface area (Å²) >= 11 is 7.09. The molecule has 148 valence electrons. The molecule has 0 unspecified atom stereocenters. The van der Waals surface area contributed by atoms with Crippen LogP contribution in [-0.4, -0.2) is 20.6 Å². The number of benzene rings is 1. The molecule has 1 aliphatic carbocycles. The molecule has 3 aromatic rings. The minimum Gasteiger partial charge on any atom is -0.494 e. The molecule has 1 atom stereocenters. The Morgan fingerprint density at radius 2 is 2.14 bits per heavy atom. The van der Waals surface area contributed by atoms with E-state index in [9.17, 15) is 14.3 Å². The van der Waals surface area contributed by atoms with E-state index in [2.05, 4.69) is 10.3 Å². The summed E-state index contributed by atoms with van der Waals surface area (Å²) in [4.78, 5) is 17.2. The van der Waals surface area contributed by atoms with E-state index in [1.807, 2.05) is 0 Å². The summed E-state index contributed by atoms with van der Waals surface area (Å²) in [6.45, 7) is 0. The van der Waals surface area contributed by atoms with Gasteiger partial charge in [0.05, 0.1) is 6.20 Å². The fourth-order valence-electron chi connectivity index (χ4n) is 4.03. The third-order valence-corrected chi connectivity index (χ3v) is 6.46. The lowest BCUT2D eigenvalue weighted by atomic mass is 9.84. The molecule has 1 aliphatic rings. The highest BCUT2D eigenvalue weighted by molar-refractivity contribution is 7.19. The van der Waals surface area contributed by atoms with Crippen LogP contribution < -0.4 is 5.32 Å². The first-order chi connectivity index (χ1) is 13.5. The van der Waals surface area contributed by atoms with Gasteiger partial charge in [-0.3, -0.25) is 4.79 Å². The molecule has 1 aromatic carbocycles. The summed E-state index contributed by atoms with van der Waals surface area (Å²) in [7, 11) is 0. The number of nitrogens with zero attached hydrogens (tertiary/aromatic N) is 2. The van der Waals surface area contributed by atoms with Crippen LogP contribution in [0.5, 0.6) is 5.88 Å². The van der Waals surface area contributed by atoms with Gasteiger partial charge in [0.2, 0.25) is 5.91 Å². The number of aromatic nitrogens is 2. The van der Waals surface area contributed by atoms with Crippen LogP contribution in [0.1, 0.15) is 44.6 Å². The summed E-state index contributed by atoms with van der Waals surface area (Å²) in [6, 6.07) is 3.90. The number of thiazole rings is 1. The minimum absolute atomic E-state index is 0.0948. The van der Waals surface area contributed by atoms with Crippen molar-refractivity contribution in [2.75, 3.05) is 5.32 Å². The van der Waals surface area contributed by atoms with Crippen molar-refractivity contribution in [3.63, 3.8) is 0 Å². The molecule has 4 rings (SSSR count). The second-order valence-electron chi connectivity index (χ2n) is 7.28. The van der Waals surface area contributed by atoms with Gasteiger partial charge in [-0.05, 0) is 24.5 Å². The van der Waals surface area contributed by atoms with Crippen LogP contribution in [0, 0.1) is 11.7 Å². The standard InChI is InChI=1S/C20H21ClFN3O2S/c21-17-10-23-20(28-17)24-18(26)16(9-12-5-2-1-3-6-12)25-11-14-13(19(25)27)7-4-8-15(14)22/h4,7-8,10-12,16,27H,1-3,5-6,9H2,(H,23,24,26)/t16-/m0/s1. The van der Waals surface area contributed by atoms with Crippen LogP contribution in [0.3, 0.4) is 0 Å². The molecule has 2 N–H and O–H groups in total. The van der Waals surface area contributed by atoms with Gasteiger partial charge in [-0.2, -0.15) is 0 Å². The number of carbonyl (C=O) groups is 1. The van der Waals surface area contributed by atoms with Crippen LogP contribution in [0.25, 0.3) is 10.8 Å². The van der Waals surface area contributed by atoms with E-state index in [0.717, 1.165) is 25.7 Å². The zero-order valence-electron chi connectivity index (χ0n) is 15.2. The maximum Gasteiger partial charge on any atom is 0.249 e. The quantitative estimate of drug-likeness (QED) is 0.551. The van der Waals surface area contributed by atoms with E-state index in [-0.39, 0.29) is 11.8 Å². The van der Waals surface area contributed by atoms with Gasteiger partial charge >= 0.3 is 0 Å². The van der Waals surface area contributed by atoms with Crippen LogP contribution in [-0.2, 0) is 4.79 Å². The summed E-state index contributed by atoms with van der Waals surface area (Å²) in [5.41, 5.74) is 0. The molecule has 0 saturated heterocycles. The van der Waals surface area contributed by atoms with E-state index in [4.69, 9.17) is 11.6 Å². The van der Waals surface area contributed by atoms with Crippen LogP contribution in [0.15, 0.2) is 30.6 Å². The topological polar surface area (TPSA) is 67.2 Å². The van der Waals surface area contributed by atoms with Gasteiger partial charge < -0.3 is 15.0 Å². The Labute approximate surface area is 171 Å². The Morgan fingerprint density at radius 1 is 1.36 bits per heavy atom. The van der Waals surface area contributed by atoms with Crippen molar-refractivity contribution >= 4 is 44.7 Å². The first kappa shape index (κ1) is 19.2. The SMILES string of the molecule is O=C(Nc1ncc(Cl)s1)[C@H](CC1CCCCC1)n1cc2c(F)cccc2c1O. The average Bonchev–Trinajstić information content (AvgIpc) is 3.25. The Hall–Kier alpha value is -2.12. The van der Waals surface area contributed by atoms with Gasteiger partial charge in [0.1, 0.15) is 16.2 Å². The van der Waals surface area contributed by atoms with Crippen molar-refractivity contribution in [3.05, 3.63) is 40.7 Å². The maximum absolute atomic E-state index is 14.2. The van der Waals surface area contributed by atoms with Crippen molar-refractivity contribution in [2.24, 2.45) is 5.92 Å². The Kier molecular flexibility index (Phi) is 5.55. The van der Waals surface area contributed by atoms with Gasteiger partial charge in [-0.15, -0.1) is 0 Å². The van der Waals surface area contributed by atoms with Gasteiger partial charge in [0, 0.05) is 17.0 Å². The van der Waals surface area contributed by atoms with Crippen molar-refractivity contribution < 1.29 is 14.3 Å². The van der Waals surface area contributed by atoms with E-state index in [0.29, 0.717) is 32.6 Å². The highest BCUT2D eigenvalue weighted by Gasteiger charge is 2.29. The average molecular weight is 422 g/mol. The molecule has 1 saturated carbocycles. The second-order valence-corrected chi connectivity index (χ2v) is 8.94. The zero-order chi connectivity index (χ0) is 19.7. The Morgan fingerprint density at radius 3 is 2.82 bits per heavy atom. The van der Waals surface area contributed by atoms with E-state index in [1.54, 1.807) is 12.1 Å². The lowest BCUT2D eigenvalue weighted by Crippen LogP contribution is -2.28.